The number of halogens is 5. The summed E-state index contributed by atoms with van der Waals surface area (Å²) < 4.78 is 52.1. The molecule has 0 saturated carbocycles. The van der Waals surface area contributed by atoms with Crippen LogP contribution >= 0.6 is 15.9 Å². The number of hydrogen-bond acceptors (Lipinski definition) is 1. The summed E-state index contributed by atoms with van der Waals surface area (Å²) in [5, 5.41) is 9.98. The highest BCUT2D eigenvalue weighted by Gasteiger charge is 2.19. The monoisotopic (exact) mass is 334 g/mol. The van der Waals surface area contributed by atoms with E-state index >= 15 is 0 Å². The Balaban J connectivity index is 2.50. The van der Waals surface area contributed by atoms with Gasteiger partial charge in [-0.05, 0) is 39.7 Å². The Bertz CT molecular complexity index is 610. The molecule has 0 aliphatic heterocycles. The van der Waals surface area contributed by atoms with Gasteiger partial charge in [-0.1, -0.05) is 6.07 Å². The van der Waals surface area contributed by atoms with Crippen LogP contribution in [0.5, 0.6) is 0 Å². The third kappa shape index (κ3) is 2.79. The molecule has 0 aromatic heterocycles. The quantitative estimate of drug-likeness (QED) is 0.648. The molecule has 100 valence electrons. The van der Waals surface area contributed by atoms with Crippen LogP contribution in [-0.2, 0) is 0 Å². The van der Waals surface area contributed by atoms with E-state index in [-0.39, 0.29) is 15.6 Å². The van der Waals surface area contributed by atoms with E-state index in [1.54, 1.807) is 0 Å². The molecule has 6 heteroatoms. The van der Waals surface area contributed by atoms with E-state index in [1.807, 2.05) is 0 Å². The highest BCUT2D eigenvalue weighted by molar-refractivity contribution is 9.10. The van der Waals surface area contributed by atoms with Gasteiger partial charge in [0.1, 0.15) is 17.7 Å². The van der Waals surface area contributed by atoms with Gasteiger partial charge >= 0.3 is 0 Å². The number of rotatable bonds is 2. The number of aliphatic hydroxyl groups is 1. The van der Waals surface area contributed by atoms with Crippen molar-refractivity contribution in [3.63, 3.8) is 0 Å². The van der Waals surface area contributed by atoms with Crippen molar-refractivity contribution in [1.82, 2.24) is 0 Å². The molecule has 2 aromatic rings. The molecule has 0 bridgehead atoms. The van der Waals surface area contributed by atoms with Crippen molar-refractivity contribution in [2.24, 2.45) is 0 Å². The van der Waals surface area contributed by atoms with Crippen molar-refractivity contribution in [2.75, 3.05) is 0 Å². The molecule has 0 spiro atoms. The van der Waals surface area contributed by atoms with Gasteiger partial charge in [0, 0.05) is 11.6 Å². The fourth-order valence-corrected chi connectivity index (χ4v) is 2.20. The second-order valence-electron chi connectivity index (χ2n) is 3.87. The summed E-state index contributed by atoms with van der Waals surface area (Å²) in [7, 11) is 0. The lowest BCUT2D eigenvalue weighted by Gasteiger charge is -2.14. The Labute approximate surface area is 114 Å². The summed E-state index contributed by atoms with van der Waals surface area (Å²) in [5.41, 5.74) is -0.117. The Morgan fingerprint density at radius 3 is 2.11 bits per heavy atom. The highest BCUT2D eigenvalue weighted by atomic mass is 79.9. The molecule has 0 fully saturated rings. The first-order chi connectivity index (χ1) is 8.90. The van der Waals surface area contributed by atoms with E-state index in [0.29, 0.717) is 6.07 Å². The summed E-state index contributed by atoms with van der Waals surface area (Å²) in [5.74, 6) is -4.00. The topological polar surface area (TPSA) is 20.2 Å². The number of aliphatic hydroxyl groups excluding tert-OH is 1. The van der Waals surface area contributed by atoms with Crippen LogP contribution in [0.15, 0.2) is 34.8 Å². The van der Waals surface area contributed by atoms with Gasteiger partial charge in [0.25, 0.3) is 0 Å². The average molecular weight is 335 g/mol. The molecule has 0 aliphatic rings. The van der Waals surface area contributed by atoms with Gasteiger partial charge in [0.05, 0.1) is 4.47 Å². The highest BCUT2D eigenvalue weighted by Crippen LogP contribution is 2.32. The zero-order valence-corrected chi connectivity index (χ0v) is 10.9. The molecule has 1 atom stereocenters. The normalized spacial score (nSPS) is 12.5. The third-order valence-corrected chi connectivity index (χ3v) is 3.37. The summed E-state index contributed by atoms with van der Waals surface area (Å²) in [6, 6.07) is 4.45. The standard InChI is InChI=1S/C13H7BrF4O/c14-11-9(1-2-10(17)12(11)18)13(19)6-3-7(15)5-8(16)4-6/h1-5,13,19H. The minimum atomic E-state index is -1.48. The fraction of sp³-hybridized carbons (Fsp3) is 0.0769. The van der Waals surface area contributed by atoms with Gasteiger partial charge in [-0.2, -0.15) is 0 Å². The van der Waals surface area contributed by atoms with Crippen LogP contribution in [0.4, 0.5) is 17.6 Å². The van der Waals surface area contributed by atoms with E-state index in [0.717, 1.165) is 24.3 Å². The minimum Gasteiger partial charge on any atom is -0.384 e. The van der Waals surface area contributed by atoms with Crippen LogP contribution in [-0.4, -0.2) is 5.11 Å². The summed E-state index contributed by atoms with van der Waals surface area (Å²) >= 11 is 2.80. The first-order valence-electron chi connectivity index (χ1n) is 5.17. The molecule has 19 heavy (non-hydrogen) atoms. The van der Waals surface area contributed by atoms with E-state index in [9.17, 15) is 22.7 Å². The molecule has 1 N–H and O–H groups in total. The lowest BCUT2D eigenvalue weighted by Crippen LogP contribution is -2.04. The molecular formula is C13H7BrF4O. The van der Waals surface area contributed by atoms with Crippen molar-refractivity contribution < 1.29 is 22.7 Å². The largest absolute Gasteiger partial charge is 0.384 e. The zero-order chi connectivity index (χ0) is 14.2. The molecule has 1 unspecified atom stereocenters. The van der Waals surface area contributed by atoms with Gasteiger partial charge in [0.2, 0.25) is 0 Å². The maximum Gasteiger partial charge on any atom is 0.173 e. The van der Waals surface area contributed by atoms with Gasteiger partial charge in [-0.15, -0.1) is 0 Å². The van der Waals surface area contributed by atoms with Crippen molar-refractivity contribution in [3.05, 3.63) is 69.2 Å². The van der Waals surface area contributed by atoms with Crippen molar-refractivity contribution in [1.29, 1.82) is 0 Å². The Hall–Kier alpha value is -1.40. The third-order valence-electron chi connectivity index (χ3n) is 2.56. The smallest absolute Gasteiger partial charge is 0.173 e. The van der Waals surface area contributed by atoms with E-state index in [4.69, 9.17) is 0 Å². The molecule has 0 saturated heterocycles. The molecule has 0 amide bonds. The van der Waals surface area contributed by atoms with Crippen molar-refractivity contribution in [2.45, 2.75) is 6.10 Å². The molecular weight excluding hydrogens is 328 g/mol. The van der Waals surface area contributed by atoms with Crippen LogP contribution in [0.2, 0.25) is 0 Å². The van der Waals surface area contributed by atoms with Crippen LogP contribution in [0.1, 0.15) is 17.2 Å². The van der Waals surface area contributed by atoms with Gasteiger partial charge in [-0.3, -0.25) is 0 Å². The second-order valence-corrected chi connectivity index (χ2v) is 4.66. The maximum absolute atomic E-state index is 13.3. The van der Waals surface area contributed by atoms with Crippen LogP contribution in [0.25, 0.3) is 0 Å². The molecule has 0 aliphatic carbocycles. The van der Waals surface area contributed by atoms with Crippen LogP contribution in [0.3, 0.4) is 0 Å². The molecule has 0 heterocycles. The molecule has 2 aromatic carbocycles. The Morgan fingerprint density at radius 2 is 1.53 bits per heavy atom. The van der Waals surface area contributed by atoms with Crippen LogP contribution < -0.4 is 0 Å². The van der Waals surface area contributed by atoms with E-state index < -0.39 is 29.4 Å². The minimum absolute atomic E-state index is 0.0242. The summed E-state index contributed by atoms with van der Waals surface area (Å²) in [6.07, 6.45) is -1.48. The molecule has 0 radical (unpaired) electrons. The second kappa shape index (κ2) is 5.30. The van der Waals surface area contributed by atoms with Crippen molar-refractivity contribution in [3.8, 4) is 0 Å². The van der Waals surface area contributed by atoms with E-state index in [1.165, 1.54) is 0 Å². The molecule has 2 rings (SSSR count). The zero-order valence-electron chi connectivity index (χ0n) is 9.30. The summed E-state index contributed by atoms with van der Waals surface area (Å²) in [4.78, 5) is 0. The first kappa shape index (κ1) is 14.0. The predicted octanol–water partition coefficient (Wildman–Crippen LogP) is 4.09. The average Bonchev–Trinajstić information content (AvgIpc) is 2.34. The number of hydrogen-bond donors (Lipinski definition) is 1. The Kier molecular flexibility index (Phi) is 3.91. The lowest BCUT2D eigenvalue weighted by atomic mass is 10.0. The SMILES string of the molecule is OC(c1cc(F)cc(F)c1)c1ccc(F)c(F)c1Br. The Morgan fingerprint density at radius 1 is 0.947 bits per heavy atom. The first-order valence-corrected chi connectivity index (χ1v) is 5.97. The van der Waals surface area contributed by atoms with Gasteiger partial charge in [-0.25, -0.2) is 17.6 Å². The summed E-state index contributed by atoms with van der Waals surface area (Å²) in [6.45, 7) is 0. The molecule has 1 nitrogen and oxygen atoms in total. The van der Waals surface area contributed by atoms with Crippen molar-refractivity contribution >= 4 is 15.9 Å². The lowest BCUT2D eigenvalue weighted by molar-refractivity contribution is 0.217. The predicted molar refractivity (Wildman–Crippen MR) is 64.5 cm³/mol. The van der Waals surface area contributed by atoms with Gasteiger partial charge < -0.3 is 5.11 Å². The van der Waals surface area contributed by atoms with Crippen LogP contribution in [0, 0.1) is 23.3 Å². The number of benzene rings is 2. The fourth-order valence-electron chi connectivity index (χ4n) is 1.66. The van der Waals surface area contributed by atoms with E-state index in [2.05, 4.69) is 15.9 Å². The maximum atomic E-state index is 13.3. The van der Waals surface area contributed by atoms with Gasteiger partial charge in [0.15, 0.2) is 11.6 Å².